The average Bonchev–Trinajstić information content (AvgIpc) is 3.03. The van der Waals surface area contributed by atoms with Gasteiger partial charge >= 0.3 is 0 Å². The normalized spacial score (nSPS) is 15.1. The summed E-state index contributed by atoms with van der Waals surface area (Å²) in [6.45, 7) is 0. The molecule has 0 aromatic carbocycles. The highest BCUT2D eigenvalue weighted by atomic mass is 32.1. The molecule has 17 heavy (non-hydrogen) atoms. The van der Waals surface area contributed by atoms with Crippen molar-refractivity contribution in [2.24, 2.45) is 0 Å². The van der Waals surface area contributed by atoms with Crippen LogP contribution in [0.4, 0.5) is 0 Å². The molecule has 0 N–H and O–H groups in total. The molecule has 1 aliphatic carbocycles. The van der Waals surface area contributed by atoms with Crippen LogP contribution < -0.4 is 5.56 Å². The number of pyridine rings is 1. The Bertz CT molecular complexity index is 582. The fourth-order valence-electron chi connectivity index (χ4n) is 2.04. The Labute approximate surface area is 109 Å². The zero-order valence-electron chi connectivity index (χ0n) is 9.30. The summed E-state index contributed by atoms with van der Waals surface area (Å²) < 4.78 is 1.96. The molecule has 4 heteroatoms. The van der Waals surface area contributed by atoms with Crippen molar-refractivity contribution >= 4 is 24.0 Å². The molecule has 0 radical (unpaired) electrons. The van der Waals surface area contributed by atoms with Crippen molar-refractivity contribution in [3.63, 3.8) is 0 Å². The van der Waals surface area contributed by atoms with Crippen LogP contribution in [0.25, 0.3) is 10.6 Å². The molecule has 0 saturated heterocycles. The maximum atomic E-state index is 12.3. The van der Waals surface area contributed by atoms with Crippen LogP contribution in [0.3, 0.4) is 0 Å². The number of hydrogen-bond acceptors (Lipinski definition) is 3. The minimum absolute atomic E-state index is 0.133. The van der Waals surface area contributed by atoms with E-state index in [1.807, 2.05) is 22.1 Å². The van der Waals surface area contributed by atoms with Crippen LogP contribution in [0.15, 0.2) is 34.4 Å². The van der Waals surface area contributed by atoms with Crippen LogP contribution >= 0.6 is 24.0 Å². The van der Waals surface area contributed by atoms with E-state index in [1.54, 1.807) is 11.3 Å². The minimum atomic E-state index is 0.133. The lowest BCUT2D eigenvalue weighted by molar-refractivity contribution is 0.711. The van der Waals surface area contributed by atoms with Crippen molar-refractivity contribution in [2.45, 2.75) is 24.6 Å². The van der Waals surface area contributed by atoms with Crippen LogP contribution in [-0.2, 0) is 5.75 Å². The summed E-state index contributed by atoms with van der Waals surface area (Å²) in [6.07, 6.45) is 2.24. The number of nitrogens with zero attached hydrogens (tertiary/aromatic N) is 1. The average molecular weight is 263 g/mol. The van der Waals surface area contributed by atoms with Gasteiger partial charge in [-0.3, -0.25) is 4.79 Å². The molecular weight excluding hydrogens is 250 g/mol. The molecule has 1 aliphatic rings. The first-order chi connectivity index (χ1) is 8.31. The van der Waals surface area contributed by atoms with Crippen molar-refractivity contribution in [3.05, 3.63) is 45.6 Å². The Kier molecular flexibility index (Phi) is 2.84. The van der Waals surface area contributed by atoms with Gasteiger partial charge in [0.2, 0.25) is 0 Å². The maximum absolute atomic E-state index is 12.3. The number of aromatic nitrogens is 1. The first-order valence-corrected chi connectivity index (χ1v) is 7.21. The molecule has 1 saturated carbocycles. The largest absolute Gasteiger partial charge is 0.304 e. The van der Waals surface area contributed by atoms with Crippen LogP contribution in [0.2, 0.25) is 0 Å². The molecule has 2 heterocycles. The van der Waals surface area contributed by atoms with Crippen molar-refractivity contribution in [1.29, 1.82) is 0 Å². The van der Waals surface area contributed by atoms with E-state index in [2.05, 4.69) is 24.8 Å². The lowest BCUT2D eigenvalue weighted by Crippen LogP contribution is -2.23. The van der Waals surface area contributed by atoms with Gasteiger partial charge in [-0.15, -0.1) is 11.3 Å². The van der Waals surface area contributed by atoms with Crippen molar-refractivity contribution in [3.8, 4) is 10.6 Å². The van der Waals surface area contributed by atoms with Crippen LogP contribution in [-0.4, -0.2) is 4.57 Å². The molecule has 0 amide bonds. The van der Waals surface area contributed by atoms with Crippen LogP contribution in [0.1, 0.15) is 24.4 Å². The van der Waals surface area contributed by atoms with Crippen molar-refractivity contribution in [1.82, 2.24) is 4.57 Å². The highest BCUT2D eigenvalue weighted by Gasteiger charge is 2.27. The van der Waals surface area contributed by atoms with E-state index < -0.39 is 0 Å². The number of rotatable bonds is 3. The first kappa shape index (κ1) is 11.1. The van der Waals surface area contributed by atoms with Crippen LogP contribution in [0, 0.1) is 0 Å². The van der Waals surface area contributed by atoms with Gasteiger partial charge in [0.1, 0.15) is 0 Å². The predicted molar refractivity (Wildman–Crippen MR) is 75.0 cm³/mol. The zero-order chi connectivity index (χ0) is 11.8. The smallest absolute Gasteiger partial charge is 0.255 e. The number of hydrogen-bond donors (Lipinski definition) is 1. The monoisotopic (exact) mass is 263 g/mol. The number of thiophene rings is 1. The maximum Gasteiger partial charge on any atom is 0.255 e. The zero-order valence-corrected chi connectivity index (χ0v) is 11.0. The minimum Gasteiger partial charge on any atom is -0.304 e. The van der Waals surface area contributed by atoms with E-state index in [9.17, 15) is 4.79 Å². The molecule has 3 rings (SSSR count). The van der Waals surface area contributed by atoms with Gasteiger partial charge in [0.15, 0.2) is 0 Å². The summed E-state index contributed by atoms with van der Waals surface area (Å²) in [5, 5.41) is 2.05. The van der Waals surface area contributed by atoms with E-state index in [4.69, 9.17) is 0 Å². The summed E-state index contributed by atoms with van der Waals surface area (Å²) in [7, 11) is 0. The van der Waals surface area contributed by atoms with Gasteiger partial charge in [0.25, 0.3) is 5.56 Å². The molecule has 2 aromatic rings. The summed E-state index contributed by atoms with van der Waals surface area (Å²) in [6, 6.07) is 8.45. The van der Waals surface area contributed by atoms with E-state index in [0.29, 0.717) is 11.8 Å². The Morgan fingerprint density at radius 3 is 2.76 bits per heavy atom. The van der Waals surface area contributed by atoms with E-state index in [0.717, 1.165) is 24.1 Å². The third kappa shape index (κ3) is 1.96. The van der Waals surface area contributed by atoms with Gasteiger partial charge in [0.05, 0.1) is 10.6 Å². The lowest BCUT2D eigenvalue weighted by atomic mass is 10.2. The van der Waals surface area contributed by atoms with Crippen molar-refractivity contribution < 1.29 is 0 Å². The molecule has 2 nitrogen and oxygen atoms in total. The molecule has 1 fully saturated rings. The molecule has 0 spiro atoms. The third-order valence-corrected chi connectivity index (χ3v) is 4.28. The van der Waals surface area contributed by atoms with Gasteiger partial charge in [-0.25, -0.2) is 0 Å². The first-order valence-electron chi connectivity index (χ1n) is 5.70. The molecule has 2 aromatic heterocycles. The molecule has 0 atom stereocenters. The Morgan fingerprint density at radius 2 is 2.18 bits per heavy atom. The number of thiol groups is 1. The lowest BCUT2D eigenvalue weighted by Gasteiger charge is -2.12. The third-order valence-electron chi connectivity index (χ3n) is 3.05. The van der Waals surface area contributed by atoms with E-state index in [-0.39, 0.29) is 5.56 Å². The van der Waals surface area contributed by atoms with Gasteiger partial charge in [-0.05, 0) is 30.4 Å². The summed E-state index contributed by atoms with van der Waals surface area (Å²) in [5.74, 6) is 0.510. The Morgan fingerprint density at radius 1 is 1.35 bits per heavy atom. The second kappa shape index (κ2) is 4.35. The highest BCUT2D eigenvalue weighted by molar-refractivity contribution is 7.79. The molecule has 0 bridgehead atoms. The predicted octanol–water partition coefficient (Wildman–Crippen LogP) is 3.34. The standard InChI is InChI=1S/C13H13NOS2/c15-13-9(8-16)3-6-11(12-2-1-7-17-12)14(13)10-4-5-10/h1-3,6-7,10,16H,4-5,8H2. The van der Waals surface area contributed by atoms with Gasteiger partial charge in [-0.2, -0.15) is 12.6 Å². The fourth-order valence-corrected chi connectivity index (χ4v) is 3.02. The Balaban J connectivity index is 2.22. The molecule has 88 valence electrons. The van der Waals surface area contributed by atoms with Gasteiger partial charge < -0.3 is 4.57 Å². The quantitative estimate of drug-likeness (QED) is 0.843. The fraction of sp³-hybridized carbons (Fsp3) is 0.308. The summed E-state index contributed by atoms with van der Waals surface area (Å²) >= 11 is 5.89. The highest BCUT2D eigenvalue weighted by Crippen LogP contribution is 2.38. The second-order valence-electron chi connectivity index (χ2n) is 4.29. The second-order valence-corrected chi connectivity index (χ2v) is 5.55. The Hall–Kier alpha value is -1.00. The van der Waals surface area contributed by atoms with Gasteiger partial charge in [-0.1, -0.05) is 12.1 Å². The van der Waals surface area contributed by atoms with E-state index >= 15 is 0 Å². The SMILES string of the molecule is O=c1c(CS)ccc(-c2cccs2)n1C1CC1. The van der Waals surface area contributed by atoms with Crippen LogP contribution in [0.5, 0.6) is 0 Å². The molecule has 0 unspecified atom stereocenters. The summed E-state index contributed by atoms with van der Waals surface area (Å²) in [5.41, 5.74) is 1.98. The topological polar surface area (TPSA) is 22.0 Å². The van der Waals surface area contributed by atoms with E-state index in [1.165, 1.54) is 4.88 Å². The summed E-state index contributed by atoms with van der Waals surface area (Å²) in [4.78, 5) is 13.5. The molecule has 0 aliphatic heterocycles. The van der Waals surface area contributed by atoms with Gasteiger partial charge in [0, 0.05) is 17.4 Å². The van der Waals surface area contributed by atoms with Crippen molar-refractivity contribution in [2.75, 3.05) is 0 Å². The molecular formula is C13H13NOS2.